The number of carbonyl (C=O) groups excluding carboxylic acids is 1. The van der Waals surface area contributed by atoms with Gasteiger partial charge in [0.1, 0.15) is 6.54 Å². The number of rotatable bonds is 6. The molecule has 0 spiro atoms. The fraction of sp³-hybridized carbons (Fsp3) is 0.300. The summed E-state index contributed by atoms with van der Waals surface area (Å²) in [7, 11) is 2.00. The van der Waals surface area contributed by atoms with E-state index in [1.165, 1.54) is 10.4 Å². The Kier molecular flexibility index (Phi) is 5.99. The average Bonchev–Trinajstić information content (AvgIpc) is 3.13. The first-order valence-electron chi connectivity index (χ1n) is 8.82. The van der Waals surface area contributed by atoms with Gasteiger partial charge < -0.3 is 10.2 Å². The first-order chi connectivity index (χ1) is 12.8. The van der Waals surface area contributed by atoms with Crippen molar-refractivity contribution in [1.82, 2.24) is 9.78 Å². The molecule has 2 N–H and O–H groups in total. The largest absolute Gasteiger partial charge is 0.325 e. The van der Waals surface area contributed by atoms with Gasteiger partial charge in [-0.2, -0.15) is 5.10 Å². The summed E-state index contributed by atoms with van der Waals surface area (Å²) >= 11 is 7.53. The van der Waals surface area contributed by atoms with E-state index in [0.29, 0.717) is 6.54 Å². The van der Waals surface area contributed by atoms with Crippen molar-refractivity contribution in [3.8, 4) is 5.69 Å². The molecule has 0 fully saturated rings. The summed E-state index contributed by atoms with van der Waals surface area (Å²) in [5.74, 6) is -0.0233. The van der Waals surface area contributed by atoms with Gasteiger partial charge in [0.15, 0.2) is 6.54 Å². The smallest absolute Gasteiger partial charge is 0.279 e. The molecule has 3 aromatic rings. The fourth-order valence-electron chi connectivity index (χ4n) is 3.03. The van der Waals surface area contributed by atoms with Gasteiger partial charge >= 0.3 is 0 Å². The molecule has 0 aliphatic heterocycles. The van der Waals surface area contributed by atoms with Gasteiger partial charge in [-0.3, -0.25) is 4.79 Å². The van der Waals surface area contributed by atoms with E-state index in [1.54, 1.807) is 11.3 Å². The van der Waals surface area contributed by atoms with Crippen molar-refractivity contribution in [3.63, 3.8) is 0 Å². The monoisotopic (exact) mass is 403 g/mol. The molecule has 1 atom stereocenters. The Balaban J connectivity index is 1.68. The van der Waals surface area contributed by atoms with Crippen molar-refractivity contribution in [2.75, 3.05) is 18.9 Å². The lowest BCUT2D eigenvalue weighted by Crippen LogP contribution is -3.08. The van der Waals surface area contributed by atoms with Crippen molar-refractivity contribution >= 4 is 34.5 Å². The minimum Gasteiger partial charge on any atom is -0.325 e. The predicted molar refractivity (Wildman–Crippen MR) is 111 cm³/mol. The Hall–Kier alpha value is -2.15. The molecular weight excluding hydrogens is 380 g/mol. The van der Waals surface area contributed by atoms with Crippen LogP contribution in [0.1, 0.15) is 21.8 Å². The molecule has 3 rings (SSSR count). The minimum absolute atomic E-state index is 0.0233. The molecular formula is C20H24ClN4OS+. The molecule has 0 saturated carbocycles. The van der Waals surface area contributed by atoms with Crippen LogP contribution < -0.4 is 10.2 Å². The first kappa shape index (κ1) is 19.6. The highest BCUT2D eigenvalue weighted by molar-refractivity contribution is 7.16. The molecule has 7 heteroatoms. The maximum Gasteiger partial charge on any atom is 0.279 e. The second-order valence-corrected chi connectivity index (χ2v) is 8.66. The minimum atomic E-state index is -0.0233. The summed E-state index contributed by atoms with van der Waals surface area (Å²) in [5.41, 5.74) is 4.70. The number of hydrogen-bond donors (Lipinski definition) is 2. The molecule has 0 radical (unpaired) electrons. The second kappa shape index (κ2) is 8.25. The zero-order chi connectivity index (χ0) is 19.6. The lowest BCUT2D eigenvalue weighted by molar-refractivity contribution is -0.884. The van der Waals surface area contributed by atoms with Crippen molar-refractivity contribution in [2.24, 2.45) is 0 Å². The highest BCUT2D eigenvalue weighted by atomic mass is 35.5. The summed E-state index contributed by atoms with van der Waals surface area (Å²) in [4.78, 5) is 14.8. The number of benzene rings is 1. The first-order valence-corrected chi connectivity index (χ1v) is 10.0. The number of carbonyl (C=O) groups is 1. The number of nitrogens with one attached hydrogen (secondary N) is 2. The molecule has 142 valence electrons. The van der Waals surface area contributed by atoms with E-state index in [1.807, 2.05) is 49.8 Å². The van der Waals surface area contributed by atoms with Gasteiger partial charge in [0.05, 0.1) is 39.0 Å². The summed E-state index contributed by atoms with van der Waals surface area (Å²) in [6.45, 7) is 7.09. The molecule has 2 aromatic heterocycles. The second-order valence-electron chi connectivity index (χ2n) is 6.86. The Bertz CT molecular complexity index is 946. The van der Waals surface area contributed by atoms with Crippen LogP contribution in [0.4, 0.5) is 5.69 Å². The summed E-state index contributed by atoms with van der Waals surface area (Å²) < 4.78 is 2.64. The number of aromatic nitrogens is 2. The highest BCUT2D eigenvalue weighted by Gasteiger charge is 2.18. The van der Waals surface area contributed by atoms with E-state index in [-0.39, 0.29) is 5.91 Å². The molecule has 5 nitrogen and oxygen atoms in total. The van der Waals surface area contributed by atoms with Gasteiger partial charge in [-0.05, 0) is 45.0 Å². The van der Waals surface area contributed by atoms with Crippen LogP contribution in [0, 0.1) is 20.8 Å². The third-order valence-corrected chi connectivity index (χ3v) is 5.63. The number of aryl methyl sites for hydroxylation is 2. The van der Waals surface area contributed by atoms with Gasteiger partial charge in [0.2, 0.25) is 0 Å². The summed E-state index contributed by atoms with van der Waals surface area (Å²) in [5, 5.41) is 7.63. The number of halogens is 1. The van der Waals surface area contributed by atoms with Crippen molar-refractivity contribution in [2.45, 2.75) is 27.3 Å². The Morgan fingerprint density at radius 1 is 1.19 bits per heavy atom. The third kappa shape index (κ3) is 4.77. The average molecular weight is 404 g/mol. The molecule has 0 aliphatic rings. The number of thiophene rings is 1. The van der Waals surface area contributed by atoms with E-state index in [4.69, 9.17) is 11.6 Å². The molecule has 1 amide bonds. The van der Waals surface area contributed by atoms with Crippen LogP contribution in [-0.2, 0) is 11.3 Å². The lowest BCUT2D eigenvalue weighted by Gasteiger charge is -2.13. The molecule has 1 unspecified atom stereocenters. The predicted octanol–water partition coefficient (Wildman–Crippen LogP) is 3.17. The Morgan fingerprint density at radius 2 is 1.89 bits per heavy atom. The van der Waals surface area contributed by atoms with Gasteiger partial charge in [0, 0.05) is 0 Å². The standard InChI is InChI=1S/C20H23ClN4OS/c1-13-5-7-16(8-6-13)25-15(3)20(14(2)23-25)22-19(26)12-24(4)11-17-9-10-18(21)27-17/h5-10H,11-12H2,1-4H3,(H,22,26)/p+1. The molecule has 0 saturated heterocycles. The number of quaternary nitrogens is 1. The van der Waals surface area contributed by atoms with E-state index in [0.717, 1.165) is 38.5 Å². The topological polar surface area (TPSA) is 51.4 Å². The van der Waals surface area contributed by atoms with Crippen LogP contribution in [0.25, 0.3) is 5.69 Å². The number of hydrogen-bond acceptors (Lipinski definition) is 3. The number of nitrogens with zero attached hydrogens (tertiary/aromatic N) is 2. The molecule has 0 bridgehead atoms. The van der Waals surface area contributed by atoms with Crippen molar-refractivity contribution in [1.29, 1.82) is 0 Å². The van der Waals surface area contributed by atoms with Crippen LogP contribution in [0.3, 0.4) is 0 Å². The Labute approximate surface area is 168 Å². The highest BCUT2D eigenvalue weighted by Crippen LogP contribution is 2.23. The summed E-state index contributed by atoms with van der Waals surface area (Å²) in [6, 6.07) is 12.1. The number of likely N-dealkylation sites (N-methyl/N-ethyl adjacent to an activating group) is 1. The van der Waals surface area contributed by atoms with Gasteiger partial charge in [-0.25, -0.2) is 4.68 Å². The van der Waals surface area contributed by atoms with Crippen LogP contribution >= 0.6 is 22.9 Å². The Morgan fingerprint density at radius 3 is 2.52 bits per heavy atom. The SMILES string of the molecule is Cc1ccc(-n2nc(C)c(NC(=O)C[NH+](C)Cc3ccc(Cl)s3)c2C)cc1. The van der Waals surface area contributed by atoms with Crippen LogP contribution in [0.5, 0.6) is 0 Å². The molecule has 1 aromatic carbocycles. The van der Waals surface area contributed by atoms with Gasteiger partial charge in [-0.15, -0.1) is 11.3 Å². The fourth-order valence-corrected chi connectivity index (χ4v) is 4.23. The molecule has 0 aliphatic carbocycles. The van der Waals surface area contributed by atoms with Crippen molar-refractivity contribution < 1.29 is 9.69 Å². The maximum atomic E-state index is 12.5. The quantitative estimate of drug-likeness (QED) is 0.664. The van der Waals surface area contributed by atoms with E-state index < -0.39 is 0 Å². The zero-order valence-corrected chi connectivity index (χ0v) is 17.5. The van der Waals surface area contributed by atoms with E-state index in [2.05, 4.69) is 29.5 Å². The normalized spacial score (nSPS) is 12.2. The third-order valence-electron chi connectivity index (χ3n) is 4.40. The maximum absolute atomic E-state index is 12.5. The molecule has 2 heterocycles. The lowest BCUT2D eigenvalue weighted by atomic mass is 10.2. The van der Waals surface area contributed by atoms with Crippen LogP contribution in [0.2, 0.25) is 4.34 Å². The molecule has 27 heavy (non-hydrogen) atoms. The van der Waals surface area contributed by atoms with E-state index in [9.17, 15) is 4.79 Å². The van der Waals surface area contributed by atoms with Crippen LogP contribution in [-0.4, -0.2) is 29.3 Å². The van der Waals surface area contributed by atoms with E-state index >= 15 is 0 Å². The van der Waals surface area contributed by atoms with Gasteiger partial charge in [-0.1, -0.05) is 29.3 Å². The van der Waals surface area contributed by atoms with Crippen LogP contribution in [0.15, 0.2) is 36.4 Å². The number of amides is 1. The summed E-state index contributed by atoms with van der Waals surface area (Å²) in [6.07, 6.45) is 0. The zero-order valence-electron chi connectivity index (χ0n) is 16.0. The number of anilines is 1. The van der Waals surface area contributed by atoms with Crippen molar-refractivity contribution in [3.05, 3.63) is 62.6 Å². The van der Waals surface area contributed by atoms with Gasteiger partial charge in [0.25, 0.3) is 5.91 Å².